The van der Waals surface area contributed by atoms with E-state index in [1.165, 1.54) is 12.1 Å². The fourth-order valence-corrected chi connectivity index (χ4v) is 4.57. The average Bonchev–Trinajstić information content (AvgIpc) is 3.46. The minimum absolute atomic E-state index is 0.0120. The number of halogens is 2. The molecule has 0 saturated carbocycles. The van der Waals surface area contributed by atoms with Gasteiger partial charge in [0.15, 0.2) is 0 Å². The molecule has 4 aromatic rings. The number of nitrogens with one attached hydrogen (secondary N) is 3. The first kappa shape index (κ1) is 29.5. The first-order valence-corrected chi connectivity index (χ1v) is 13.5. The number of amides is 2. The monoisotopic (exact) mass is 572 g/mol. The molecule has 3 aromatic carbocycles. The Hall–Kier alpha value is -4.45. The summed E-state index contributed by atoms with van der Waals surface area (Å²) in [4.78, 5) is 25.5. The highest BCUT2D eigenvalue weighted by atomic mass is 35.5. The lowest BCUT2D eigenvalue weighted by molar-refractivity contribution is -0.121. The molecule has 210 valence electrons. The number of furan rings is 1. The number of benzene rings is 3. The lowest BCUT2D eigenvalue weighted by atomic mass is 10.0. The van der Waals surface area contributed by atoms with Crippen LogP contribution in [0.25, 0.3) is 11.3 Å². The summed E-state index contributed by atoms with van der Waals surface area (Å²) in [6.07, 6.45) is 0.470. The molecule has 1 heterocycles. The Morgan fingerprint density at radius 3 is 2.44 bits per heavy atom. The molecule has 0 aliphatic rings. The van der Waals surface area contributed by atoms with Crippen LogP contribution in [0.5, 0.6) is 0 Å². The fraction of sp³-hybridized carbons (Fsp3) is 0.219. The normalized spacial score (nSPS) is 12.3. The maximum atomic E-state index is 13.3. The van der Waals surface area contributed by atoms with Gasteiger partial charge in [-0.2, -0.15) is 5.26 Å². The number of nitriles is 1. The Kier molecular flexibility index (Phi) is 9.91. The Bertz CT molecular complexity index is 1540. The third-order valence-electron chi connectivity index (χ3n) is 6.72. The van der Waals surface area contributed by atoms with Crippen molar-refractivity contribution in [2.75, 3.05) is 7.05 Å². The predicted molar refractivity (Wildman–Crippen MR) is 156 cm³/mol. The van der Waals surface area contributed by atoms with Crippen LogP contribution < -0.4 is 16.0 Å². The molecule has 3 N–H and O–H groups in total. The van der Waals surface area contributed by atoms with Crippen LogP contribution in [0.3, 0.4) is 0 Å². The van der Waals surface area contributed by atoms with E-state index < -0.39 is 11.9 Å². The first-order chi connectivity index (χ1) is 19.7. The lowest BCUT2D eigenvalue weighted by Gasteiger charge is -2.19. The molecule has 0 radical (unpaired) electrons. The molecule has 41 heavy (non-hydrogen) atoms. The van der Waals surface area contributed by atoms with Crippen molar-refractivity contribution >= 4 is 23.4 Å². The smallest absolute Gasteiger partial charge is 0.253 e. The van der Waals surface area contributed by atoms with Gasteiger partial charge >= 0.3 is 0 Å². The van der Waals surface area contributed by atoms with Crippen molar-refractivity contribution in [3.05, 3.63) is 118 Å². The highest BCUT2D eigenvalue weighted by molar-refractivity contribution is 6.34. The summed E-state index contributed by atoms with van der Waals surface area (Å²) in [7, 11) is 1.54. The van der Waals surface area contributed by atoms with Crippen LogP contribution in [0.15, 0.2) is 83.3 Å². The van der Waals surface area contributed by atoms with Crippen LogP contribution >= 0.6 is 11.6 Å². The van der Waals surface area contributed by atoms with Crippen molar-refractivity contribution in [3.63, 3.8) is 0 Å². The van der Waals surface area contributed by atoms with E-state index in [1.54, 1.807) is 61.6 Å². The molecule has 0 unspecified atom stereocenters. The zero-order chi connectivity index (χ0) is 29.4. The summed E-state index contributed by atoms with van der Waals surface area (Å²) in [6, 6.07) is 23.7. The van der Waals surface area contributed by atoms with Crippen molar-refractivity contribution in [2.24, 2.45) is 0 Å². The van der Waals surface area contributed by atoms with Crippen molar-refractivity contribution in [1.29, 1.82) is 5.26 Å². The standard InChI is InChI=1S/C32H30ClFN4O3/c1-20(23-7-10-25(34)11-8-23)37-19-27-12-14-30(41-27)24-9-13-29(33)28(16-24)32(40)38-26(17-31(39)36-2)15-21-3-5-22(18-35)6-4-21/h3-14,16,20,26,37H,15,17,19H2,1-2H3,(H,36,39)(H,38,40)/t20-,26-/m1/s1. The Morgan fingerprint density at radius 1 is 1.02 bits per heavy atom. The largest absolute Gasteiger partial charge is 0.460 e. The van der Waals surface area contributed by atoms with Crippen LogP contribution in [-0.2, 0) is 17.8 Å². The summed E-state index contributed by atoms with van der Waals surface area (Å²) in [5.41, 5.74) is 3.30. The van der Waals surface area contributed by atoms with Crippen LogP contribution in [0, 0.1) is 17.1 Å². The molecule has 2 amide bonds. The van der Waals surface area contributed by atoms with E-state index in [2.05, 4.69) is 22.0 Å². The van der Waals surface area contributed by atoms with Gasteiger partial charge in [-0.25, -0.2) is 4.39 Å². The van der Waals surface area contributed by atoms with Crippen LogP contribution in [0.1, 0.15) is 52.2 Å². The summed E-state index contributed by atoms with van der Waals surface area (Å²) >= 11 is 6.41. The molecule has 0 spiro atoms. The Balaban J connectivity index is 1.45. The number of nitrogens with zero attached hydrogens (tertiary/aromatic N) is 1. The maximum absolute atomic E-state index is 13.3. The second kappa shape index (κ2) is 13.8. The van der Waals surface area contributed by atoms with Gasteiger partial charge in [0.25, 0.3) is 5.91 Å². The van der Waals surface area contributed by atoms with E-state index in [1.807, 2.05) is 19.1 Å². The fourth-order valence-electron chi connectivity index (χ4n) is 4.37. The van der Waals surface area contributed by atoms with Gasteiger partial charge in [0.1, 0.15) is 17.3 Å². The van der Waals surface area contributed by atoms with Crippen molar-refractivity contribution in [3.8, 4) is 17.4 Å². The zero-order valence-electron chi connectivity index (χ0n) is 22.7. The quantitative estimate of drug-likeness (QED) is 0.206. The molecule has 2 atom stereocenters. The van der Waals surface area contributed by atoms with Crippen molar-refractivity contribution in [1.82, 2.24) is 16.0 Å². The van der Waals surface area contributed by atoms with Crippen molar-refractivity contribution < 1.29 is 18.4 Å². The van der Waals surface area contributed by atoms with Gasteiger partial charge in [-0.3, -0.25) is 9.59 Å². The number of carbonyl (C=O) groups is 2. The van der Waals surface area contributed by atoms with E-state index in [0.29, 0.717) is 35.6 Å². The second-order valence-corrected chi connectivity index (χ2v) is 10.1. The highest BCUT2D eigenvalue weighted by Crippen LogP contribution is 2.27. The summed E-state index contributed by atoms with van der Waals surface area (Å²) in [5, 5.41) is 18.2. The average molecular weight is 573 g/mol. The Morgan fingerprint density at radius 2 is 1.76 bits per heavy atom. The third kappa shape index (κ3) is 8.04. The SMILES string of the molecule is CNC(=O)C[C@@H](Cc1ccc(C#N)cc1)NC(=O)c1cc(-c2ccc(CN[C@H](C)c3ccc(F)cc3)o2)ccc1Cl. The Labute approximate surface area is 243 Å². The molecular weight excluding hydrogens is 543 g/mol. The van der Waals surface area contributed by atoms with E-state index in [4.69, 9.17) is 21.3 Å². The second-order valence-electron chi connectivity index (χ2n) is 9.68. The van der Waals surface area contributed by atoms with Crippen LogP contribution in [-0.4, -0.2) is 24.9 Å². The summed E-state index contributed by atoms with van der Waals surface area (Å²) in [6.45, 7) is 2.44. The summed E-state index contributed by atoms with van der Waals surface area (Å²) < 4.78 is 19.2. The van der Waals surface area contributed by atoms with E-state index in [0.717, 1.165) is 11.1 Å². The highest BCUT2D eigenvalue weighted by Gasteiger charge is 2.20. The molecule has 0 saturated heterocycles. The molecule has 4 rings (SSSR count). The minimum atomic E-state index is -0.500. The lowest BCUT2D eigenvalue weighted by Crippen LogP contribution is -2.40. The number of rotatable bonds is 11. The molecule has 1 aromatic heterocycles. The molecule has 7 nitrogen and oxygen atoms in total. The minimum Gasteiger partial charge on any atom is -0.460 e. The molecule has 9 heteroatoms. The number of hydrogen-bond donors (Lipinski definition) is 3. The first-order valence-electron chi connectivity index (χ1n) is 13.1. The number of hydrogen-bond acceptors (Lipinski definition) is 5. The third-order valence-corrected chi connectivity index (χ3v) is 7.05. The van der Waals surface area contributed by atoms with Gasteiger partial charge < -0.3 is 20.4 Å². The van der Waals surface area contributed by atoms with Crippen molar-refractivity contribution in [2.45, 2.75) is 38.4 Å². The van der Waals surface area contributed by atoms with Gasteiger partial charge in [-0.05, 0) is 79.1 Å². The van der Waals surface area contributed by atoms with E-state index in [-0.39, 0.29) is 34.8 Å². The molecule has 0 fully saturated rings. The van der Waals surface area contributed by atoms with Gasteiger partial charge in [0.2, 0.25) is 5.91 Å². The van der Waals surface area contributed by atoms with Crippen LogP contribution in [0.2, 0.25) is 5.02 Å². The maximum Gasteiger partial charge on any atom is 0.253 e. The van der Waals surface area contributed by atoms with E-state index in [9.17, 15) is 14.0 Å². The van der Waals surface area contributed by atoms with E-state index >= 15 is 0 Å². The molecule has 0 bridgehead atoms. The van der Waals surface area contributed by atoms with Crippen LogP contribution in [0.4, 0.5) is 4.39 Å². The molecular formula is C32H30ClFN4O3. The van der Waals surface area contributed by atoms with Gasteiger partial charge in [-0.1, -0.05) is 35.9 Å². The van der Waals surface area contributed by atoms with Gasteiger partial charge in [-0.15, -0.1) is 0 Å². The topological polar surface area (TPSA) is 107 Å². The molecule has 0 aliphatic carbocycles. The summed E-state index contributed by atoms with van der Waals surface area (Å²) in [5.74, 6) is 0.362. The van der Waals surface area contributed by atoms with Gasteiger partial charge in [0.05, 0.1) is 28.8 Å². The molecule has 0 aliphatic heterocycles. The van der Waals surface area contributed by atoms with Gasteiger partial charge in [0, 0.05) is 31.1 Å². The predicted octanol–water partition coefficient (Wildman–Crippen LogP) is 5.94. The number of carbonyl (C=O) groups excluding carboxylic acids is 2. The zero-order valence-corrected chi connectivity index (χ0v) is 23.5.